The molecule has 0 aliphatic heterocycles. The molecule has 0 spiro atoms. The number of rotatable bonds is 6. The number of hydrogen-bond donors (Lipinski definition) is 1. The molecule has 2 aromatic heterocycles. The van der Waals surface area contributed by atoms with Crippen LogP contribution >= 0.6 is 0 Å². The smallest absolute Gasteiger partial charge is 0.270 e. The number of carbonyl (C=O) groups is 1. The Morgan fingerprint density at radius 2 is 2.14 bits per heavy atom. The van der Waals surface area contributed by atoms with Crippen LogP contribution < -0.4 is 5.56 Å². The van der Waals surface area contributed by atoms with Gasteiger partial charge in [0.25, 0.3) is 5.91 Å². The molecule has 6 nitrogen and oxygen atoms in total. The van der Waals surface area contributed by atoms with Crippen LogP contribution in [0.15, 0.2) is 47.4 Å². The van der Waals surface area contributed by atoms with Crippen LogP contribution in [0.1, 0.15) is 16.2 Å². The normalized spacial score (nSPS) is 10.3. The van der Waals surface area contributed by atoms with Gasteiger partial charge >= 0.3 is 0 Å². The summed E-state index contributed by atoms with van der Waals surface area (Å²) in [5, 5.41) is 0. The number of ether oxygens (including phenoxy) is 1. The molecular formula is C15H17N3O3. The van der Waals surface area contributed by atoms with Crippen molar-refractivity contribution in [1.29, 1.82) is 0 Å². The van der Waals surface area contributed by atoms with E-state index in [0.29, 0.717) is 19.7 Å². The second kappa shape index (κ2) is 7.35. The number of aromatic nitrogens is 2. The maximum absolute atomic E-state index is 12.5. The molecule has 0 saturated carbocycles. The van der Waals surface area contributed by atoms with E-state index in [0.717, 1.165) is 5.69 Å². The largest absolute Gasteiger partial charge is 0.383 e. The Morgan fingerprint density at radius 3 is 2.81 bits per heavy atom. The van der Waals surface area contributed by atoms with E-state index < -0.39 is 0 Å². The van der Waals surface area contributed by atoms with Gasteiger partial charge in [-0.15, -0.1) is 0 Å². The molecule has 6 heteroatoms. The Hall–Kier alpha value is -2.47. The Labute approximate surface area is 122 Å². The molecule has 0 radical (unpaired) electrons. The SMILES string of the molecule is COCCN(Cc1ccccn1)C(=O)c1cccc(=O)[nH]1. The number of carbonyl (C=O) groups excluding carboxylic acids is 1. The van der Waals surface area contributed by atoms with Crippen molar-refractivity contribution in [2.24, 2.45) is 0 Å². The molecule has 1 amide bonds. The second-order valence-electron chi connectivity index (χ2n) is 4.47. The highest BCUT2D eigenvalue weighted by atomic mass is 16.5. The summed E-state index contributed by atoms with van der Waals surface area (Å²) in [6, 6.07) is 10.0. The number of pyridine rings is 2. The molecule has 0 aliphatic carbocycles. The summed E-state index contributed by atoms with van der Waals surface area (Å²) in [6.07, 6.45) is 1.68. The van der Waals surface area contributed by atoms with Crippen LogP contribution in [0.4, 0.5) is 0 Å². The van der Waals surface area contributed by atoms with Gasteiger partial charge in [-0.25, -0.2) is 0 Å². The van der Waals surface area contributed by atoms with E-state index in [1.54, 1.807) is 30.3 Å². The lowest BCUT2D eigenvalue weighted by atomic mass is 10.2. The fourth-order valence-electron chi connectivity index (χ4n) is 1.88. The summed E-state index contributed by atoms with van der Waals surface area (Å²) in [4.78, 5) is 32.2. The molecule has 0 atom stereocenters. The minimum absolute atomic E-state index is 0.254. The molecule has 110 valence electrons. The third kappa shape index (κ3) is 4.25. The third-order valence-electron chi connectivity index (χ3n) is 2.93. The van der Waals surface area contributed by atoms with Crippen LogP contribution in [0.2, 0.25) is 0 Å². The third-order valence-corrected chi connectivity index (χ3v) is 2.93. The number of H-pyrrole nitrogens is 1. The van der Waals surface area contributed by atoms with Crippen molar-refractivity contribution in [3.05, 3.63) is 64.3 Å². The van der Waals surface area contributed by atoms with Crippen molar-refractivity contribution < 1.29 is 9.53 Å². The second-order valence-corrected chi connectivity index (χ2v) is 4.47. The number of hydrogen-bond acceptors (Lipinski definition) is 4. The van der Waals surface area contributed by atoms with Crippen molar-refractivity contribution in [1.82, 2.24) is 14.9 Å². The number of nitrogens with one attached hydrogen (secondary N) is 1. The molecule has 0 bridgehead atoms. The van der Waals surface area contributed by atoms with Gasteiger partial charge in [-0.2, -0.15) is 0 Å². The topological polar surface area (TPSA) is 75.3 Å². The first-order chi connectivity index (χ1) is 10.2. The Bertz CT molecular complexity index is 640. The zero-order valence-electron chi connectivity index (χ0n) is 11.8. The molecule has 0 aliphatic rings. The van der Waals surface area contributed by atoms with Crippen LogP contribution in [0.5, 0.6) is 0 Å². The van der Waals surface area contributed by atoms with E-state index in [1.165, 1.54) is 6.07 Å². The minimum Gasteiger partial charge on any atom is -0.383 e. The van der Waals surface area contributed by atoms with Crippen LogP contribution in [0.3, 0.4) is 0 Å². The molecular weight excluding hydrogens is 270 g/mol. The predicted molar refractivity (Wildman–Crippen MR) is 77.9 cm³/mol. The zero-order valence-corrected chi connectivity index (χ0v) is 11.8. The first kappa shape index (κ1) is 14.9. The van der Waals surface area contributed by atoms with E-state index in [4.69, 9.17) is 4.74 Å². The Morgan fingerprint density at radius 1 is 1.29 bits per heavy atom. The van der Waals surface area contributed by atoms with Crippen LogP contribution in [0.25, 0.3) is 0 Å². The molecule has 1 N–H and O–H groups in total. The summed E-state index contributed by atoms with van der Waals surface area (Å²) < 4.78 is 5.03. The van der Waals surface area contributed by atoms with Gasteiger partial charge in [0.2, 0.25) is 5.56 Å². The predicted octanol–water partition coefficient (Wildman–Crippen LogP) is 1.06. The van der Waals surface area contributed by atoms with Gasteiger partial charge in [0, 0.05) is 25.9 Å². The van der Waals surface area contributed by atoms with Crippen LogP contribution in [-0.2, 0) is 11.3 Å². The Balaban J connectivity index is 2.18. The molecule has 0 unspecified atom stereocenters. The number of aromatic amines is 1. The molecule has 2 heterocycles. The quantitative estimate of drug-likeness (QED) is 0.862. The highest BCUT2D eigenvalue weighted by Crippen LogP contribution is 2.06. The average Bonchev–Trinajstić information content (AvgIpc) is 2.51. The van der Waals surface area contributed by atoms with Gasteiger partial charge in [-0.05, 0) is 18.2 Å². The van der Waals surface area contributed by atoms with E-state index in [1.807, 2.05) is 18.2 Å². The standard InChI is InChI=1S/C15H17N3O3/c1-21-10-9-18(11-12-5-2-3-8-16-12)15(20)13-6-4-7-14(19)17-13/h2-8H,9-11H2,1H3,(H,17,19). The lowest BCUT2D eigenvalue weighted by Gasteiger charge is -2.21. The average molecular weight is 287 g/mol. The summed E-state index contributed by atoms with van der Waals surface area (Å²) in [6.45, 7) is 1.19. The maximum atomic E-state index is 12.5. The Kier molecular flexibility index (Phi) is 5.22. The summed E-state index contributed by atoms with van der Waals surface area (Å²) in [5.41, 5.74) is 0.736. The zero-order chi connectivity index (χ0) is 15.1. The van der Waals surface area contributed by atoms with E-state index in [-0.39, 0.29) is 17.2 Å². The number of nitrogens with zero attached hydrogens (tertiary/aromatic N) is 2. The summed E-state index contributed by atoms with van der Waals surface area (Å²) >= 11 is 0. The van der Waals surface area contributed by atoms with Gasteiger partial charge in [-0.3, -0.25) is 14.6 Å². The van der Waals surface area contributed by atoms with Crippen molar-refractivity contribution in [3.63, 3.8) is 0 Å². The molecule has 0 aromatic carbocycles. The van der Waals surface area contributed by atoms with Crippen LogP contribution in [0, 0.1) is 0 Å². The molecule has 2 rings (SSSR count). The van der Waals surface area contributed by atoms with Crippen LogP contribution in [-0.4, -0.2) is 41.0 Å². The number of amides is 1. The highest BCUT2D eigenvalue weighted by molar-refractivity contribution is 5.92. The molecule has 0 fully saturated rings. The number of methoxy groups -OCH3 is 1. The van der Waals surface area contributed by atoms with Gasteiger partial charge in [0.05, 0.1) is 18.8 Å². The summed E-state index contributed by atoms with van der Waals surface area (Å²) in [5.74, 6) is -0.254. The van der Waals surface area contributed by atoms with Crippen molar-refractivity contribution in [2.75, 3.05) is 20.3 Å². The first-order valence-electron chi connectivity index (χ1n) is 6.58. The summed E-state index contributed by atoms with van der Waals surface area (Å²) in [7, 11) is 1.58. The minimum atomic E-state index is -0.301. The van der Waals surface area contributed by atoms with E-state index in [2.05, 4.69) is 9.97 Å². The lowest BCUT2D eigenvalue weighted by Crippen LogP contribution is -2.35. The fraction of sp³-hybridized carbons (Fsp3) is 0.267. The van der Waals surface area contributed by atoms with Gasteiger partial charge in [0.1, 0.15) is 5.69 Å². The van der Waals surface area contributed by atoms with Crippen molar-refractivity contribution in [2.45, 2.75) is 6.54 Å². The van der Waals surface area contributed by atoms with Gasteiger partial charge in [0.15, 0.2) is 0 Å². The first-order valence-corrected chi connectivity index (χ1v) is 6.58. The monoisotopic (exact) mass is 287 g/mol. The highest BCUT2D eigenvalue weighted by Gasteiger charge is 2.17. The lowest BCUT2D eigenvalue weighted by molar-refractivity contribution is 0.0672. The molecule has 2 aromatic rings. The van der Waals surface area contributed by atoms with Gasteiger partial charge < -0.3 is 14.6 Å². The van der Waals surface area contributed by atoms with E-state index >= 15 is 0 Å². The maximum Gasteiger partial charge on any atom is 0.270 e. The van der Waals surface area contributed by atoms with E-state index in [9.17, 15) is 9.59 Å². The fourth-order valence-corrected chi connectivity index (χ4v) is 1.88. The van der Waals surface area contributed by atoms with Crippen molar-refractivity contribution >= 4 is 5.91 Å². The molecule has 21 heavy (non-hydrogen) atoms. The van der Waals surface area contributed by atoms with Gasteiger partial charge in [-0.1, -0.05) is 12.1 Å². The molecule has 0 saturated heterocycles. The van der Waals surface area contributed by atoms with Crippen molar-refractivity contribution in [3.8, 4) is 0 Å².